The number of ketones is 2. The van der Waals surface area contributed by atoms with E-state index in [2.05, 4.69) is 0 Å². The SMILES string of the molecule is CC1OC(OC2CCC(OC3CCC(OC(C)(CC(=O)O)Cc4ccc5c(c4O)C(=O)c4ccc(C6CC(O)C(O)C(C)O6)c(O)c4C5=O)OC3C)OC2C)CCC1O. The smallest absolute Gasteiger partial charge is 0.306 e. The molecular formula is C43H56O16. The average molecular weight is 829 g/mol. The molecule has 0 bridgehead atoms. The maximum atomic E-state index is 13.9. The molecule has 5 aliphatic rings. The molecule has 7 rings (SSSR count). The monoisotopic (exact) mass is 828 g/mol. The number of rotatable bonds is 11. The van der Waals surface area contributed by atoms with Crippen LogP contribution in [0.1, 0.15) is 135 Å². The second-order valence-corrected chi connectivity index (χ2v) is 17.0. The summed E-state index contributed by atoms with van der Waals surface area (Å²) in [6, 6.07) is 5.57. The zero-order chi connectivity index (χ0) is 42.5. The summed E-state index contributed by atoms with van der Waals surface area (Å²) in [5.41, 5.74) is -1.90. The van der Waals surface area contributed by atoms with Gasteiger partial charge in [-0.25, -0.2) is 0 Å². The summed E-state index contributed by atoms with van der Waals surface area (Å²) in [6.45, 7) is 8.76. The number of phenols is 2. The molecule has 2 aromatic rings. The maximum absolute atomic E-state index is 13.9. The third-order valence-corrected chi connectivity index (χ3v) is 12.4. The largest absolute Gasteiger partial charge is 0.507 e. The van der Waals surface area contributed by atoms with Crippen LogP contribution in [0.25, 0.3) is 0 Å². The lowest BCUT2D eigenvalue weighted by atomic mass is 9.79. The van der Waals surface area contributed by atoms with Crippen LogP contribution >= 0.6 is 0 Å². The van der Waals surface area contributed by atoms with Crippen LogP contribution in [0.3, 0.4) is 0 Å². The topological polar surface area (TPSA) is 237 Å². The van der Waals surface area contributed by atoms with Gasteiger partial charge in [-0.1, -0.05) is 12.1 Å². The fourth-order valence-electron chi connectivity index (χ4n) is 9.04. The number of aromatic hydroxyl groups is 2. The Kier molecular flexibility index (Phi) is 12.9. The Labute approximate surface area is 342 Å². The Morgan fingerprint density at radius 3 is 1.81 bits per heavy atom. The van der Waals surface area contributed by atoms with E-state index in [-0.39, 0.29) is 70.6 Å². The maximum Gasteiger partial charge on any atom is 0.306 e. The summed E-state index contributed by atoms with van der Waals surface area (Å²) in [6.07, 6.45) is -4.84. The molecule has 14 unspecified atom stereocenters. The zero-order valence-electron chi connectivity index (χ0n) is 33.9. The van der Waals surface area contributed by atoms with Crippen molar-refractivity contribution in [3.8, 4) is 11.5 Å². The Bertz CT molecular complexity index is 1890. The van der Waals surface area contributed by atoms with Crippen molar-refractivity contribution in [1.29, 1.82) is 0 Å². The van der Waals surface area contributed by atoms with Gasteiger partial charge in [-0.3, -0.25) is 14.4 Å². The van der Waals surface area contributed by atoms with Crippen molar-refractivity contribution in [1.82, 2.24) is 0 Å². The summed E-state index contributed by atoms with van der Waals surface area (Å²) in [5, 5.41) is 63.1. The van der Waals surface area contributed by atoms with Crippen LogP contribution in [0.4, 0.5) is 0 Å². The number of hydrogen-bond acceptors (Lipinski definition) is 15. The van der Waals surface area contributed by atoms with Crippen LogP contribution in [-0.2, 0) is 44.4 Å². The van der Waals surface area contributed by atoms with Crippen molar-refractivity contribution < 1.29 is 78.2 Å². The second kappa shape index (κ2) is 17.4. The predicted octanol–water partition coefficient (Wildman–Crippen LogP) is 3.94. The molecule has 14 atom stereocenters. The first-order valence-electron chi connectivity index (χ1n) is 20.6. The lowest BCUT2D eigenvalue weighted by molar-refractivity contribution is -0.309. The number of hydrogen-bond donors (Lipinski definition) is 6. The Hall–Kier alpha value is -3.55. The van der Waals surface area contributed by atoms with Crippen LogP contribution in [0.5, 0.6) is 11.5 Å². The van der Waals surface area contributed by atoms with E-state index in [1.54, 1.807) is 13.8 Å². The van der Waals surface area contributed by atoms with Gasteiger partial charge in [-0.2, -0.15) is 0 Å². The van der Waals surface area contributed by atoms with Crippen LogP contribution < -0.4 is 0 Å². The van der Waals surface area contributed by atoms with E-state index in [9.17, 15) is 45.0 Å². The highest BCUT2D eigenvalue weighted by molar-refractivity contribution is 6.30. The Balaban J connectivity index is 0.989. The van der Waals surface area contributed by atoms with Gasteiger partial charge in [0, 0.05) is 48.8 Å². The number of phenolic OH excluding ortho intramolecular Hbond substituents is 2. The third kappa shape index (κ3) is 9.08. The van der Waals surface area contributed by atoms with Gasteiger partial charge in [0.2, 0.25) is 0 Å². The molecule has 0 amide bonds. The van der Waals surface area contributed by atoms with E-state index < -0.39 is 96.6 Å². The minimum atomic E-state index is -1.42. The van der Waals surface area contributed by atoms with E-state index in [0.717, 1.165) is 0 Å². The number of aliphatic carboxylic acids is 1. The molecule has 0 radical (unpaired) electrons. The van der Waals surface area contributed by atoms with Gasteiger partial charge < -0.3 is 63.8 Å². The standard InChI is InChI=1S/C43H56O16/c1-19-27(44)10-13-33(54-19)57-29-11-14-34(55-20(29)2)58-30-12-15-35(56-21(30)3)59-43(5,18-32(46)47)17-23-6-7-25-36(39(23)49)41(51)26-9-8-24(40(50)37(26)42(25)52)31-16-28(45)38(48)22(4)53-31/h6-9,19-22,27-31,33-35,38,44-45,48-50H,10-18H2,1-5H3,(H,46,47). The van der Waals surface area contributed by atoms with Crippen molar-refractivity contribution in [3.63, 3.8) is 0 Å². The number of aliphatic hydroxyl groups is 3. The van der Waals surface area contributed by atoms with Crippen LogP contribution in [-0.4, -0.2) is 128 Å². The first-order valence-corrected chi connectivity index (χ1v) is 20.6. The van der Waals surface area contributed by atoms with Crippen LogP contribution in [0, 0.1) is 0 Å². The van der Waals surface area contributed by atoms with E-state index in [1.165, 1.54) is 24.3 Å². The lowest BCUT2D eigenvalue weighted by Gasteiger charge is -2.42. The Morgan fingerprint density at radius 1 is 0.695 bits per heavy atom. The number of carbonyl (C=O) groups is 3. The minimum Gasteiger partial charge on any atom is -0.507 e. The van der Waals surface area contributed by atoms with Gasteiger partial charge in [0.15, 0.2) is 30.4 Å². The van der Waals surface area contributed by atoms with Crippen LogP contribution in [0.15, 0.2) is 24.3 Å². The molecule has 4 saturated heterocycles. The van der Waals surface area contributed by atoms with Crippen molar-refractivity contribution in [3.05, 3.63) is 57.6 Å². The number of ether oxygens (including phenoxy) is 7. The molecular weight excluding hydrogens is 772 g/mol. The molecule has 2 aromatic carbocycles. The first kappa shape index (κ1) is 43.5. The summed E-state index contributed by atoms with van der Waals surface area (Å²) in [4.78, 5) is 39.9. The van der Waals surface area contributed by atoms with Gasteiger partial charge >= 0.3 is 5.97 Å². The molecule has 4 fully saturated rings. The van der Waals surface area contributed by atoms with E-state index in [0.29, 0.717) is 38.5 Å². The predicted molar refractivity (Wildman–Crippen MR) is 205 cm³/mol. The molecule has 4 heterocycles. The molecule has 16 heteroatoms. The second-order valence-electron chi connectivity index (χ2n) is 17.0. The normalized spacial score (nSPS) is 36.0. The molecule has 0 saturated carbocycles. The molecule has 16 nitrogen and oxygen atoms in total. The number of aliphatic hydroxyl groups excluding tert-OH is 3. The van der Waals surface area contributed by atoms with Gasteiger partial charge in [0.05, 0.1) is 78.1 Å². The van der Waals surface area contributed by atoms with E-state index in [1.807, 2.05) is 20.8 Å². The summed E-state index contributed by atoms with van der Waals surface area (Å²) < 4.78 is 42.9. The zero-order valence-corrected chi connectivity index (χ0v) is 33.9. The van der Waals surface area contributed by atoms with E-state index in [4.69, 9.17) is 33.2 Å². The summed E-state index contributed by atoms with van der Waals surface area (Å²) in [5.74, 6) is -3.58. The highest BCUT2D eigenvalue weighted by atomic mass is 16.7. The van der Waals surface area contributed by atoms with E-state index >= 15 is 0 Å². The molecule has 4 aliphatic heterocycles. The average Bonchev–Trinajstić information content (AvgIpc) is 3.16. The van der Waals surface area contributed by atoms with Crippen molar-refractivity contribution in [2.45, 2.75) is 178 Å². The van der Waals surface area contributed by atoms with Crippen molar-refractivity contribution in [2.24, 2.45) is 0 Å². The fraction of sp³-hybridized carbons (Fsp3) is 0.651. The Morgan fingerprint density at radius 2 is 1.24 bits per heavy atom. The van der Waals surface area contributed by atoms with Crippen molar-refractivity contribution in [2.75, 3.05) is 0 Å². The lowest BCUT2D eigenvalue weighted by Crippen LogP contribution is -2.48. The number of carboxylic acids is 1. The van der Waals surface area contributed by atoms with Gasteiger partial charge in [-0.15, -0.1) is 0 Å². The molecule has 59 heavy (non-hydrogen) atoms. The number of carboxylic acid groups (broad SMARTS) is 1. The molecule has 1 aliphatic carbocycles. The van der Waals surface area contributed by atoms with Gasteiger partial charge in [0.1, 0.15) is 17.6 Å². The summed E-state index contributed by atoms with van der Waals surface area (Å²) in [7, 11) is 0. The summed E-state index contributed by atoms with van der Waals surface area (Å²) >= 11 is 0. The fourth-order valence-corrected chi connectivity index (χ4v) is 9.04. The molecule has 0 spiro atoms. The first-order chi connectivity index (χ1) is 27.9. The number of fused-ring (bicyclic) bond motifs is 2. The van der Waals surface area contributed by atoms with Crippen LogP contribution in [0.2, 0.25) is 0 Å². The number of benzene rings is 2. The third-order valence-electron chi connectivity index (χ3n) is 12.4. The molecule has 6 N–H and O–H groups in total. The van der Waals surface area contributed by atoms with Gasteiger partial charge in [-0.05, 0) is 71.6 Å². The van der Waals surface area contributed by atoms with Gasteiger partial charge in [0.25, 0.3) is 0 Å². The van der Waals surface area contributed by atoms with Crippen molar-refractivity contribution >= 4 is 17.5 Å². The minimum absolute atomic E-state index is 0.0482. The quantitative estimate of drug-likeness (QED) is 0.161. The molecule has 324 valence electrons. The highest BCUT2D eigenvalue weighted by Gasteiger charge is 2.43. The molecule has 0 aromatic heterocycles. The highest BCUT2D eigenvalue weighted by Crippen LogP contribution is 2.44. The number of carbonyl (C=O) groups excluding carboxylic acids is 2.